The van der Waals surface area contributed by atoms with Gasteiger partial charge in [-0.2, -0.15) is 0 Å². The maximum absolute atomic E-state index is 9.09. The van der Waals surface area contributed by atoms with Gasteiger partial charge in [-0.25, -0.2) is 0 Å². The molecule has 5 nitrogen and oxygen atoms in total. The fraction of sp³-hybridized carbons (Fsp3) is 0.250. The summed E-state index contributed by atoms with van der Waals surface area (Å²) in [5.41, 5.74) is 1.21. The zero-order chi connectivity index (χ0) is 15.8. The minimum atomic E-state index is -1.49. The predicted molar refractivity (Wildman–Crippen MR) is 84.2 cm³/mol. The smallest absolute Gasteiger partial charge is 0.488 e. The van der Waals surface area contributed by atoms with Crippen molar-refractivity contribution in [3.63, 3.8) is 0 Å². The Hall–Kier alpha value is -2.02. The van der Waals surface area contributed by atoms with Gasteiger partial charge in [0, 0.05) is 6.42 Å². The number of aliphatic hydroxyl groups is 1. The SMILES string of the molecule is OCc1cccc(OCCCOc2cccc(B(O)O)c2)c1. The van der Waals surface area contributed by atoms with Gasteiger partial charge in [-0.05, 0) is 35.3 Å². The van der Waals surface area contributed by atoms with Crippen molar-refractivity contribution in [2.75, 3.05) is 13.2 Å². The van der Waals surface area contributed by atoms with Crippen LogP contribution in [0.25, 0.3) is 0 Å². The molecule has 2 aromatic rings. The Kier molecular flexibility index (Phi) is 6.27. The van der Waals surface area contributed by atoms with Crippen LogP contribution in [0.2, 0.25) is 0 Å². The molecular weight excluding hydrogens is 283 g/mol. The Morgan fingerprint density at radius 2 is 1.50 bits per heavy atom. The molecule has 6 heteroatoms. The largest absolute Gasteiger partial charge is 0.493 e. The number of rotatable bonds is 8. The molecule has 0 saturated heterocycles. The molecule has 0 amide bonds. The molecule has 0 bridgehead atoms. The summed E-state index contributed by atoms with van der Waals surface area (Å²) in [5, 5.41) is 27.2. The maximum atomic E-state index is 9.09. The van der Waals surface area contributed by atoms with Crippen LogP contribution in [0.15, 0.2) is 48.5 Å². The summed E-state index contributed by atoms with van der Waals surface area (Å²) in [5.74, 6) is 1.31. The molecule has 0 saturated carbocycles. The van der Waals surface area contributed by atoms with Crippen molar-refractivity contribution in [3.05, 3.63) is 54.1 Å². The highest BCUT2D eigenvalue weighted by Gasteiger charge is 2.10. The minimum Gasteiger partial charge on any atom is -0.493 e. The van der Waals surface area contributed by atoms with Gasteiger partial charge in [0.2, 0.25) is 0 Å². The van der Waals surface area contributed by atoms with Crippen LogP contribution in [0, 0.1) is 0 Å². The monoisotopic (exact) mass is 302 g/mol. The zero-order valence-electron chi connectivity index (χ0n) is 12.2. The molecule has 22 heavy (non-hydrogen) atoms. The van der Waals surface area contributed by atoms with Gasteiger partial charge >= 0.3 is 7.12 Å². The van der Waals surface area contributed by atoms with Gasteiger partial charge in [-0.15, -0.1) is 0 Å². The quantitative estimate of drug-likeness (QED) is 0.494. The van der Waals surface area contributed by atoms with Crippen LogP contribution < -0.4 is 14.9 Å². The molecule has 0 aliphatic heterocycles. The van der Waals surface area contributed by atoms with Crippen LogP contribution in [0.1, 0.15) is 12.0 Å². The lowest BCUT2D eigenvalue weighted by atomic mass is 9.80. The number of benzene rings is 2. The molecule has 0 spiro atoms. The summed E-state index contributed by atoms with van der Waals surface area (Å²) in [6.07, 6.45) is 0.690. The molecule has 2 rings (SSSR count). The predicted octanol–water partition coefficient (Wildman–Crippen LogP) is 0.707. The van der Waals surface area contributed by atoms with E-state index in [1.165, 1.54) is 0 Å². The Labute approximate surface area is 129 Å². The first-order valence-electron chi connectivity index (χ1n) is 7.10. The Morgan fingerprint density at radius 1 is 0.864 bits per heavy atom. The van der Waals surface area contributed by atoms with Gasteiger partial charge in [0.05, 0.1) is 19.8 Å². The first kappa shape index (κ1) is 16.4. The van der Waals surface area contributed by atoms with Crippen LogP contribution in [0.5, 0.6) is 11.5 Å². The van der Waals surface area contributed by atoms with Crippen molar-refractivity contribution in [1.29, 1.82) is 0 Å². The fourth-order valence-corrected chi connectivity index (χ4v) is 1.94. The van der Waals surface area contributed by atoms with Crippen LogP contribution in [-0.4, -0.2) is 35.5 Å². The molecule has 0 radical (unpaired) electrons. The van der Waals surface area contributed by atoms with Crippen LogP contribution >= 0.6 is 0 Å². The van der Waals surface area contributed by atoms with E-state index in [1.807, 2.05) is 18.2 Å². The summed E-state index contributed by atoms with van der Waals surface area (Å²) >= 11 is 0. The Bertz CT molecular complexity index is 588. The Morgan fingerprint density at radius 3 is 2.14 bits per heavy atom. The fourth-order valence-electron chi connectivity index (χ4n) is 1.94. The van der Waals surface area contributed by atoms with Crippen molar-refractivity contribution < 1.29 is 24.6 Å². The third-order valence-electron chi connectivity index (χ3n) is 3.06. The van der Waals surface area contributed by atoms with Gasteiger partial charge in [-0.3, -0.25) is 0 Å². The van der Waals surface area contributed by atoms with E-state index in [-0.39, 0.29) is 6.61 Å². The van der Waals surface area contributed by atoms with E-state index < -0.39 is 7.12 Å². The third-order valence-corrected chi connectivity index (χ3v) is 3.06. The topological polar surface area (TPSA) is 79.2 Å². The van der Waals surface area contributed by atoms with Gasteiger partial charge in [0.15, 0.2) is 0 Å². The molecule has 0 unspecified atom stereocenters. The van der Waals surface area contributed by atoms with E-state index in [9.17, 15) is 0 Å². The van der Waals surface area contributed by atoms with Crippen molar-refractivity contribution in [1.82, 2.24) is 0 Å². The summed E-state index contributed by atoms with van der Waals surface area (Å²) in [6.45, 7) is 0.954. The molecular formula is C16H19BO5. The molecule has 0 fully saturated rings. The second-order valence-electron chi connectivity index (χ2n) is 4.80. The number of hydrogen-bond donors (Lipinski definition) is 3. The standard InChI is InChI=1S/C16H19BO5/c18-12-13-4-1-6-15(10-13)21-8-3-9-22-16-7-2-5-14(11-16)17(19)20/h1-2,4-7,10-11,18-20H,3,8-9,12H2. The summed E-state index contributed by atoms with van der Waals surface area (Å²) in [4.78, 5) is 0. The second kappa shape index (κ2) is 8.43. The van der Waals surface area contributed by atoms with Crippen LogP contribution in [-0.2, 0) is 6.61 Å². The molecule has 3 N–H and O–H groups in total. The average molecular weight is 302 g/mol. The van der Waals surface area contributed by atoms with E-state index in [0.717, 1.165) is 11.3 Å². The Balaban J connectivity index is 1.72. The van der Waals surface area contributed by atoms with E-state index >= 15 is 0 Å². The van der Waals surface area contributed by atoms with Crippen molar-refractivity contribution in [2.45, 2.75) is 13.0 Å². The lowest BCUT2D eigenvalue weighted by molar-refractivity contribution is 0.246. The molecule has 0 aliphatic carbocycles. The first-order valence-corrected chi connectivity index (χ1v) is 7.10. The molecule has 0 aliphatic rings. The average Bonchev–Trinajstić information content (AvgIpc) is 2.55. The second-order valence-corrected chi connectivity index (χ2v) is 4.80. The van der Waals surface area contributed by atoms with Crippen LogP contribution in [0.3, 0.4) is 0 Å². The minimum absolute atomic E-state index is 0.00659. The summed E-state index contributed by atoms with van der Waals surface area (Å²) in [7, 11) is -1.49. The summed E-state index contributed by atoms with van der Waals surface area (Å²) < 4.78 is 11.1. The molecule has 0 aromatic heterocycles. The van der Waals surface area contributed by atoms with Crippen LogP contribution in [0.4, 0.5) is 0 Å². The third kappa shape index (κ3) is 5.07. The van der Waals surface area contributed by atoms with E-state index in [4.69, 9.17) is 24.6 Å². The zero-order valence-corrected chi connectivity index (χ0v) is 12.2. The number of aliphatic hydroxyl groups excluding tert-OH is 1. The maximum Gasteiger partial charge on any atom is 0.488 e. The van der Waals surface area contributed by atoms with Gasteiger partial charge < -0.3 is 24.6 Å². The lowest BCUT2D eigenvalue weighted by Gasteiger charge is -2.09. The lowest BCUT2D eigenvalue weighted by Crippen LogP contribution is -2.29. The highest BCUT2D eigenvalue weighted by atomic mass is 16.5. The highest BCUT2D eigenvalue weighted by Crippen LogP contribution is 2.13. The van der Waals surface area contributed by atoms with Gasteiger partial charge in [0.1, 0.15) is 11.5 Å². The first-order chi connectivity index (χ1) is 10.7. The van der Waals surface area contributed by atoms with Gasteiger partial charge in [-0.1, -0.05) is 24.3 Å². The van der Waals surface area contributed by atoms with E-state index in [2.05, 4.69) is 0 Å². The summed E-state index contributed by atoms with van der Waals surface area (Å²) in [6, 6.07) is 14.0. The molecule has 0 atom stereocenters. The van der Waals surface area contributed by atoms with E-state index in [0.29, 0.717) is 30.8 Å². The molecule has 0 heterocycles. The highest BCUT2D eigenvalue weighted by molar-refractivity contribution is 6.58. The number of ether oxygens (including phenoxy) is 2. The number of hydrogen-bond acceptors (Lipinski definition) is 5. The molecule has 116 valence electrons. The van der Waals surface area contributed by atoms with Crippen molar-refractivity contribution in [2.24, 2.45) is 0 Å². The van der Waals surface area contributed by atoms with Gasteiger partial charge in [0.25, 0.3) is 0 Å². The molecule has 2 aromatic carbocycles. The van der Waals surface area contributed by atoms with Crippen molar-refractivity contribution >= 4 is 12.6 Å². The van der Waals surface area contributed by atoms with Crippen molar-refractivity contribution in [3.8, 4) is 11.5 Å². The van der Waals surface area contributed by atoms with E-state index in [1.54, 1.807) is 30.3 Å². The normalized spacial score (nSPS) is 10.3.